The first-order chi connectivity index (χ1) is 10.8. The van der Waals surface area contributed by atoms with Crippen molar-refractivity contribution in [3.8, 4) is 5.69 Å². The second-order valence-electron chi connectivity index (χ2n) is 4.96. The molecule has 1 unspecified atom stereocenters. The van der Waals surface area contributed by atoms with Gasteiger partial charge in [-0.3, -0.25) is 9.36 Å². The topological polar surface area (TPSA) is 59.8 Å². The Bertz CT molecular complexity index is 753. The highest BCUT2D eigenvalue weighted by Crippen LogP contribution is 2.15. The summed E-state index contributed by atoms with van der Waals surface area (Å²) in [5, 5.41) is 11.0. The molecule has 1 heterocycles. The molecule has 5 nitrogen and oxygen atoms in total. The van der Waals surface area contributed by atoms with E-state index in [-0.39, 0.29) is 11.9 Å². The van der Waals surface area contributed by atoms with Crippen molar-refractivity contribution in [2.75, 3.05) is 0 Å². The molecule has 0 aliphatic heterocycles. The van der Waals surface area contributed by atoms with Crippen molar-refractivity contribution >= 4 is 5.91 Å². The van der Waals surface area contributed by atoms with Gasteiger partial charge in [-0.15, -0.1) is 10.2 Å². The number of nitrogens with one attached hydrogen (secondary N) is 1. The summed E-state index contributed by atoms with van der Waals surface area (Å²) in [6.45, 7) is 1.89. The number of carbonyl (C=O) groups is 1. The molecule has 0 aliphatic carbocycles. The van der Waals surface area contributed by atoms with Crippen LogP contribution >= 0.6 is 0 Å². The molecule has 0 saturated carbocycles. The summed E-state index contributed by atoms with van der Waals surface area (Å²) in [5.74, 6) is 0.561. The van der Waals surface area contributed by atoms with E-state index in [0.29, 0.717) is 11.4 Å². The Labute approximate surface area is 128 Å². The molecule has 1 aromatic heterocycles. The predicted octanol–water partition coefficient (Wildman–Crippen LogP) is 2.76. The minimum atomic E-state index is -0.254. The van der Waals surface area contributed by atoms with Crippen LogP contribution in [0.1, 0.15) is 29.1 Å². The molecule has 110 valence electrons. The Balaban J connectivity index is 1.81. The number of hydrogen-bond donors (Lipinski definition) is 1. The molecule has 0 aliphatic rings. The lowest BCUT2D eigenvalue weighted by atomic mass is 10.2. The molecule has 3 rings (SSSR count). The van der Waals surface area contributed by atoms with Crippen LogP contribution in [-0.2, 0) is 0 Å². The van der Waals surface area contributed by atoms with Crippen molar-refractivity contribution in [2.45, 2.75) is 13.0 Å². The van der Waals surface area contributed by atoms with Crippen LogP contribution < -0.4 is 5.32 Å². The van der Waals surface area contributed by atoms with Crippen molar-refractivity contribution in [1.29, 1.82) is 0 Å². The Hall–Kier alpha value is -2.95. The fourth-order valence-corrected chi connectivity index (χ4v) is 2.26. The zero-order chi connectivity index (χ0) is 15.4. The van der Waals surface area contributed by atoms with E-state index in [2.05, 4.69) is 15.5 Å². The fraction of sp³-hybridized carbons (Fsp3) is 0.118. The van der Waals surface area contributed by atoms with E-state index in [1.54, 1.807) is 18.5 Å². The molecule has 0 spiro atoms. The van der Waals surface area contributed by atoms with Crippen molar-refractivity contribution in [3.05, 3.63) is 78.4 Å². The van der Waals surface area contributed by atoms with Crippen LogP contribution in [0.2, 0.25) is 0 Å². The summed E-state index contributed by atoms with van der Waals surface area (Å²) in [6, 6.07) is 18.7. The third-order valence-corrected chi connectivity index (χ3v) is 3.38. The third-order valence-electron chi connectivity index (χ3n) is 3.38. The smallest absolute Gasteiger partial charge is 0.251 e. The largest absolute Gasteiger partial charge is 0.342 e. The van der Waals surface area contributed by atoms with Gasteiger partial charge in [0.1, 0.15) is 6.33 Å². The van der Waals surface area contributed by atoms with Gasteiger partial charge in [0, 0.05) is 11.3 Å². The summed E-state index contributed by atoms with van der Waals surface area (Å²) in [5.41, 5.74) is 1.59. The molecule has 2 aromatic carbocycles. The Kier molecular flexibility index (Phi) is 3.96. The van der Waals surface area contributed by atoms with Crippen molar-refractivity contribution in [2.24, 2.45) is 0 Å². The SMILES string of the molecule is CC(NC(=O)c1ccccc1)c1nncn1-c1ccccc1. The summed E-state index contributed by atoms with van der Waals surface area (Å²) >= 11 is 0. The molecule has 3 aromatic rings. The lowest BCUT2D eigenvalue weighted by molar-refractivity contribution is 0.0938. The monoisotopic (exact) mass is 292 g/mol. The number of aromatic nitrogens is 3. The second-order valence-corrected chi connectivity index (χ2v) is 4.96. The molecule has 0 saturated heterocycles. The average molecular weight is 292 g/mol. The second kappa shape index (κ2) is 6.22. The van der Waals surface area contributed by atoms with E-state index in [9.17, 15) is 4.79 Å². The molecule has 0 radical (unpaired) electrons. The zero-order valence-electron chi connectivity index (χ0n) is 12.2. The van der Waals surface area contributed by atoms with Crippen LogP contribution in [0.25, 0.3) is 5.69 Å². The Morgan fingerprint density at radius 1 is 1.05 bits per heavy atom. The van der Waals surface area contributed by atoms with E-state index in [1.807, 2.05) is 60.0 Å². The molecule has 22 heavy (non-hydrogen) atoms. The zero-order valence-corrected chi connectivity index (χ0v) is 12.2. The van der Waals surface area contributed by atoms with E-state index >= 15 is 0 Å². The molecule has 1 amide bonds. The van der Waals surface area contributed by atoms with E-state index in [0.717, 1.165) is 5.69 Å². The first-order valence-electron chi connectivity index (χ1n) is 7.07. The highest BCUT2D eigenvalue weighted by Gasteiger charge is 2.17. The number of amides is 1. The van der Waals surface area contributed by atoms with Gasteiger partial charge in [0.15, 0.2) is 5.82 Å². The van der Waals surface area contributed by atoms with Gasteiger partial charge in [-0.1, -0.05) is 36.4 Å². The van der Waals surface area contributed by atoms with Gasteiger partial charge in [0.05, 0.1) is 6.04 Å². The lowest BCUT2D eigenvalue weighted by Gasteiger charge is -2.15. The highest BCUT2D eigenvalue weighted by molar-refractivity contribution is 5.94. The quantitative estimate of drug-likeness (QED) is 0.804. The first kappa shape index (κ1) is 14.0. The van der Waals surface area contributed by atoms with Crippen LogP contribution in [0, 0.1) is 0 Å². The molecular weight excluding hydrogens is 276 g/mol. The average Bonchev–Trinajstić information content (AvgIpc) is 3.06. The fourth-order valence-electron chi connectivity index (χ4n) is 2.26. The van der Waals surface area contributed by atoms with Crippen molar-refractivity contribution in [1.82, 2.24) is 20.1 Å². The molecule has 1 atom stereocenters. The highest BCUT2D eigenvalue weighted by atomic mass is 16.1. The van der Waals surface area contributed by atoms with Gasteiger partial charge in [0.2, 0.25) is 0 Å². The summed E-state index contributed by atoms with van der Waals surface area (Å²) in [4.78, 5) is 12.2. The van der Waals surface area contributed by atoms with Crippen LogP contribution in [0.15, 0.2) is 67.0 Å². The molecular formula is C17H16N4O. The Morgan fingerprint density at radius 3 is 2.36 bits per heavy atom. The summed E-state index contributed by atoms with van der Waals surface area (Å²) in [7, 11) is 0. The van der Waals surface area contributed by atoms with Gasteiger partial charge in [-0.05, 0) is 31.2 Å². The van der Waals surface area contributed by atoms with Crippen molar-refractivity contribution < 1.29 is 4.79 Å². The third kappa shape index (κ3) is 2.88. The number of rotatable bonds is 4. The minimum absolute atomic E-state index is 0.129. The maximum atomic E-state index is 12.2. The van der Waals surface area contributed by atoms with E-state index in [1.165, 1.54) is 0 Å². The van der Waals surface area contributed by atoms with Gasteiger partial charge >= 0.3 is 0 Å². The van der Waals surface area contributed by atoms with E-state index in [4.69, 9.17) is 0 Å². The van der Waals surface area contributed by atoms with Crippen LogP contribution in [0.4, 0.5) is 0 Å². The summed E-state index contributed by atoms with van der Waals surface area (Å²) < 4.78 is 1.87. The van der Waals surface area contributed by atoms with Gasteiger partial charge in [-0.2, -0.15) is 0 Å². The van der Waals surface area contributed by atoms with Gasteiger partial charge in [-0.25, -0.2) is 0 Å². The van der Waals surface area contributed by atoms with Gasteiger partial charge < -0.3 is 5.32 Å². The van der Waals surface area contributed by atoms with Crippen LogP contribution in [0.5, 0.6) is 0 Å². The Morgan fingerprint density at radius 2 is 1.68 bits per heavy atom. The maximum absolute atomic E-state index is 12.2. The number of carbonyl (C=O) groups excluding carboxylic acids is 1. The number of hydrogen-bond acceptors (Lipinski definition) is 3. The van der Waals surface area contributed by atoms with Crippen LogP contribution in [0.3, 0.4) is 0 Å². The number of para-hydroxylation sites is 1. The number of nitrogens with zero attached hydrogens (tertiary/aromatic N) is 3. The molecule has 1 N–H and O–H groups in total. The molecule has 0 bridgehead atoms. The molecule has 5 heteroatoms. The minimum Gasteiger partial charge on any atom is -0.342 e. The number of benzene rings is 2. The normalized spacial score (nSPS) is 11.9. The van der Waals surface area contributed by atoms with Crippen LogP contribution in [-0.4, -0.2) is 20.7 Å². The first-order valence-corrected chi connectivity index (χ1v) is 7.07. The van der Waals surface area contributed by atoms with Gasteiger partial charge in [0.25, 0.3) is 5.91 Å². The lowest BCUT2D eigenvalue weighted by Crippen LogP contribution is -2.28. The molecule has 0 fully saturated rings. The maximum Gasteiger partial charge on any atom is 0.251 e. The standard InChI is InChI=1S/C17H16N4O/c1-13(19-17(22)14-8-4-2-5-9-14)16-20-18-12-21(16)15-10-6-3-7-11-15/h2-13H,1H3,(H,19,22). The summed E-state index contributed by atoms with van der Waals surface area (Å²) in [6.07, 6.45) is 1.65. The van der Waals surface area contributed by atoms with Crippen molar-refractivity contribution in [3.63, 3.8) is 0 Å². The predicted molar refractivity (Wildman–Crippen MR) is 83.7 cm³/mol. The van der Waals surface area contributed by atoms with E-state index < -0.39 is 0 Å².